The Kier molecular flexibility index (Phi) is 24.0. The molecule has 260 valence electrons. The third-order valence-electron chi connectivity index (χ3n) is 9.00. The monoisotopic (exact) mass is 628 g/mol. The lowest BCUT2D eigenvalue weighted by molar-refractivity contribution is -0.231. The second-order valence-electron chi connectivity index (χ2n) is 13.1. The molecule has 0 aromatic rings. The van der Waals surface area contributed by atoms with Crippen LogP contribution in [0.2, 0.25) is 0 Å². The number of hydrogen-bond acceptors (Lipinski definition) is 7. The molecular weight excluding hydrogens is 558 g/mol. The minimum Gasteiger partial charge on any atom is -0.394 e. The number of amides is 2. The fraction of sp³-hybridized carbons (Fsp3) is 0.943. The highest BCUT2D eigenvalue weighted by Crippen LogP contribution is 2.26. The summed E-state index contributed by atoms with van der Waals surface area (Å²) in [6, 6.07) is -1.89. The maximum absolute atomic E-state index is 13.6. The van der Waals surface area contributed by atoms with Gasteiger partial charge < -0.3 is 36.0 Å². The van der Waals surface area contributed by atoms with Crippen LogP contribution in [0.5, 0.6) is 0 Å². The SMILES string of the molecule is CCCCCCCCCCCCCCN(C(=O)CCCCCCCCCCC)[C@@H]1O[C@H](CO)[C@@H](O)[C@H](O)[C@H]1NC(=O)[C@@H](C)N. The van der Waals surface area contributed by atoms with Crippen LogP contribution in [0.1, 0.15) is 162 Å². The number of ether oxygens (including phenoxy) is 1. The Bertz CT molecular complexity index is 725. The van der Waals surface area contributed by atoms with Crippen LogP contribution in [-0.2, 0) is 14.3 Å². The average molecular weight is 628 g/mol. The van der Waals surface area contributed by atoms with Crippen LogP contribution < -0.4 is 11.1 Å². The summed E-state index contributed by atoms with van der Waals surface area (Å²) in [5.41, 5.74) is 5.77. The molecule has 6 N–H and O–H groups in total. The molecule has 0 aromatic heterocycles. The van der Waals surface area contributed by atoms with Crippen molar-refractivity contribution in [3.8, 4) is 0 Å². The van der Waals surface area contributed by atoms with Gasteiger partial charge in [-0.2, -0.15) is 0 Å². The first-order chi connectivity index (χ1) is 21.3. The highest BCUT2D eigenvalue weighted by Gasteiger charge is 2.48. The van der Waals surface area contributed by atoms with E-state index in [1.807, 2.05) is 0 Å². The average Bonchev–Trinajstić information content (AvgIpc) is 3.01. The second-order valence-corrected chi connectivity index (χ2v) is 13.1. The molecule has 0 saturated carbocycles. The van der Waals surface area contributed by atoms with E-state index in [4.69, 9.17) is 10.5 Å². The Morgan fingerprint density at radius 1 is 0.727 bits per heavy atom. The molecule has 0 bridgehead atoms. The quantitative estimate of drug-likeness (QED) is 0.0734. The standard InChI is InChI=1S/C35H69N3O6/c1-4-6-8-10-12-14-15-16-18-20-22-24-26-38(30(40)25-23-21-19-17-13-11-9-7-5-2)35-31(37-34(43)28(3)36)33(42)32(41)29(27-39)44-35/h28-29,31-33,35,39,41-42H,4-27,36H2,1-3H3,(H,37,43)/t28-,29-,31-,32-,33-,35-/m1/s1. The molecule has 0 aliphatic carbocycles. The maximum Gasteiger partial charge on any atom is 0.237 e. The van der Waals surface area contributed by atoms with Crippen LogP contribution in [0.15, 0.2) is 0 Å². The van der Waals surface area contributed by atoms with E-state index >= 15 is 0 Å². The third-order valence-corrected chi connectivity index (χ3v) is 9.00. The maximum atomic E-state index is 13.6. The van der Waals surface area contributed by atoms with E-state index in [1.165, 1.54) is 103 Å². The number of rotatable bonds is 27. The van der Waals surface area contributed by atoms with Gasteiger partial charge in [0.1, 0.15) is 24.4 Å². The van der Waals surface area contributed by atoms with Gasteiger partial charge in [0.2, 0.25) is 11.8 Å². The Morgan fingerprint density at radius 2 is 1.16 bits per heavy atom. The number of aliphatic hydroxyl groups is 3. The molecule has 9 nitrogen and oxygen atoms in total. The van der Waals surface area contributed by atoms with Crippen LogP contribution in [0.3, 0.4) is 0 Å². The predicted molar refractivity (Wildman–Crippen MR) is 178 cm³/mol. The van der Waals surface area contributed by atoms with Gasteiger partial charge in [-0.15, -0.1) is 0 Å². The van der Waals surface area contributed by atoms with E-state index in [2.05, 4.69) is 19.2 Å². The largest absolute Gasteiger partial charge is 0.394 e. The van der Waals surface area contributed by atoms with E-state index in [0.717, 1.165) is 38.5 Å². The summed E-state index contributed by atoms with van der Waals surface area (Å²) in [7, 11) is 0. The number of hydrogen-bond donors (Lipinski definition) is 5. The lowest BCUT2D eigenvalue weighted by atomic mass is 9.94. The van der Waals surface area contributed by atoms with Crippen molar-refractivity contribution >= 4 is 11.8 Å². The first-order valence-corrected chi connectivity index (χ1v) is 18.3. The lowest BCUT2D eigenvalue weighted by Gasteiger charge is -2.47. The van der Waals surface area contributed by atoms with Crippen molar-refractivity contribution in [3.05, 3.63) is 0 Å². The lowest BCUT2D eigenvalue weighted by Crippen LogP contribution is -2.69. The van der Waals surface area contributed by atoms with E-state index in [1.54, 1.807) is 4.90 Å². The molecule has 1 fully saturated rings. The summed E-state index contributed by atoms with van der Waals surface area (Å²) >= 11 is 0. The molecule has 1 aliphatic rings. The third kappa shape index (κ3) is 16.9. The van der Waals surface area contributed by atoms with Gasteiger partial charge in [0.05, 0.1) is 12.6 Å². The Hall–Kier alpha value is -1.26. The van der Waals surface area contributed by atoms with E-state index in [0.29, 0.717) is 13.0 Å². The molecular formula is C35H69N3O6. The van der Waals surface area contributed by atoms with E-state index in [9.17, 15) is 24.9 Å². The van der Waals surface area contributed by atoms with Gasteiger partial charge in [-0.1, -0.05) is 136 Å². The Labute approximate surface area is 269 Å². The minimum absolute atomic E-state index is 0.0960. The molecule has 1 aliphatic heterocycles. The van der Waals surface area contributed by atoms with E-state index in [-0.39, 0.29) is 5.91 Å². The number of nitrogens with zero attached hydrogens (tertiary/aromatic N) is 1. The number of carbonyl (C=O) groups excluding carboxylic acids is 2. The van der Waals surface area contributed by atoms with Crippen LogP contribution in [0.25, 0.3) is 0 Å². The summed E-state index contributed by atoms with van der Waals surface area (Å²) in [6.45, 7) is 5.91. The fourth-order valence-corrected chi connectivity index (χ4v) is 6.06. The molecule has 1 heterocycles. The van der Waals surface area contributed by atoms with Gasteiger partial charge in [-0.05, 0) is 19.8 Å². The van der Waals surface area contributed by atoms with Crippen LogP contribution in [-0.4, -0.2) is 81.8 Å². The van der Waals surface area contributed by atoms with Crippen molar-refractivity contribution in [1.82, 2.24) is 10.2 Å². The molecule has 9 heteroatoms. The Morgan fingerprint density at radius 3 is 1.59 bits per heavy atom. The van der Waals surface area contributed by atoms with Crippen molar-refractivity contribution in [2.24, 2.45) is 5.73 Å². The summed E-state index contributed by atoms with van der Waals surface area (Å²) in [6.07, 6.45) is 20.3. The van der Waals surface area contributed by atoms with Gasteiger partial charge in [0.15, 0.2) is 6.23 Å². The summed E-state index contributed by atoms with van der Waals surface area (Å²) in [5, 5.41) is 34.1. The number of nitrogens with one attached hydrogen (secondary N) is 1. The zero-order valence-corrected chi connectivity index (χ0v) is 28.5. The molecule has 0 unspecified atom stereocenters. The number of nitrogens with two attached hydrogens (primary N) is 1. The van der Waals surface area contributed by atoms with Gasteiger partial charge in [0, 0.05) is 13.0 Å². The highest BCUT2D eigenvalue weighted by atomic mass is 16.5. The zero-order valence-electron chi connectivity index (χ0n) is 28.5. The molecule has 0 aromatic carbocycles. The van der Waals surface area contributed by atoms with Crippen LogP contribution >= 0.6 is 0 Å². The summed E-state index contributed by atoms with van der Waals surface area (Å²) < 4.78 is 6.03. The van der Waals surface area contributed by atoms with Crippen LogP contribution in [0, 0.1) is 0 Å². The molecule has 2 amide bonds. The van der Waals surface area contributed by atoms with Crippen molar-refractivity contribution in [2.75, 3.05) is 13.2 Å². The number of aliphatic hydroxyl groups excluding tert-OH is 3. The van der Waals surface area contributed by atoms with Crippen LogP contribution in [0.4, 0.5) is 0 Å². The first kappa shape index (κ1) is 40.8. The zero-order chi connectivity index (χ0) is 32.6. The summed E-state index contributed by atoms with van der Waals surface area (Å²) in [5.74, 6) is -0.602. The van der Waals surface area contributed by atoms with Crippen molar-refractivity contribution in [1.29, 1.82) is 0 Å². The van der Waals surface area contributed by atoms with Crippen molar-refractivity contribution < 1.29 is 29.6 Å². The van der Waals surface area contributed by atoms with Gasteiger partial charge in [-0.25, -0.2) is 0 Å². The number of carbonyl (C=O) groups is 2. The molecule has 0 radical (unpaired) electrons. The van der Waals surface area contributed by atoms with Gasteiger partial charge in [0.25, 0.3) is 0 Å². The van der Waals surface area contributed by atoms with Gasteiger partial charge >= 0.3 is 0 Å². The molecule has 44 heavy (non-hydrogen) atoms. The molecule has 1 rings (SSSR count). The first-order valence-electron chi connectivity index (χ1n) is 18.3. The number of unbranched alkanes of at least 4 members (excludes halogenated alkanes) is 19. The Balaban J connectivity index is 2.73. The molecule has 6 atom stereocenters. The van der Waals surface area contributed by atoms with Gasteiger partial charge in [-0.3, -0.25) is 9.59 Å². The smallest absolute Gasteiger partial charge is 0.237 e. The minimum atomic E-state index is -1.42. The predicted octanol–water partition coefficient (Wildman–Crippen LogP) is 5.71. The summed E-state index contributed by atoms with van der Waals surface area (Å²) in [4.78, 5) is 27.8. The van der Waals surface area contributed by atoms with E-state index < -0.39 is 49.1 Å². The highest BCUT2D eigenvalue weighted by molar-refractivity contribution is 5.81. The topological polar surface area (TPSA) is 145 Å². The molecule has 1 saturated heterocycles. The van der Waals surface area contributed by atoms with Crippen molar-refractivity contribution in [3.63, 3.8) is 0 Å². The normalized spacial score (nSPS) is 22.6. The molecule has 0 spiro atoms. The fourth-order valence-electron chi connectivity index (χ4n) is 6.06. The van der Waals surface area contributed by atoms with Crippen molar-refractivity contribution in [2.45, 2.75) is 199 Å². The second kappa shape index (κ2) is 25.9.